The van der Waals surface area contributed by atoms with Crippen LogP contribution in [0.5, 0.6) is 0 Å². The lowest BCUT2D eigenvalue weighted by Crippen LogP contribution is -2.64. The number of likely N-dealkylation sites (tertiary alicyclic amines) is 2. The van der Waals surface area contributed by atoms with Gasteiger partial charge in [-0.1, -0.05) is 98.8 Å². The van der Waals surface area contributed by atoms with Gasteiger partial charge in [-0.3, -0.25) is 9.69 Å². The lowest BCUT2D eigenvalue weighted by Gasteiger charge is -2.50. The molecule has 11 rings (SSSR count). The van der Waals surface area contributed by atoms with Gasteiger partial charge in [0.1, 0.15) is 29.5 Å². The minimum absolute atomic E-state index is 0.0745. The van der Waals surface area contributed by atoms with Crippen LogP contribution in [0.15, 0.2) is 115 Å². The van der Waals surface area contributed by atoms with Gasteiger partial charge in [0.2, 0.25) is 5.91 Å². The van der Waals surface area contributed by atoms with Gasteiger partial charge in [0.15, 0.2) is 0 Å². The summed E-state index contributed by atoms with van der Waals surface area (Å²) in [5.74, 6) is 1.46. The fourth-order valence-electron chi connectivity index (χ4n) is 12.2. The van der Waals surface area contributed by atoms with Gasteiger partial charge in [0.25, 0.3) is 0 Å². The number of carbonyl (C=O) groups excluding carboxylic acids is 3. The zero-order valence-corrected chi connectivity index (χ0v) is 41.6. The first-order chi connectivity index (χ1) is 34.8. The molecule has 2 aliphatic heterocycles. The second kappa shape index (κ2) is 18.5. The van der Waals surface area contributed by atoms with Crippen LogP contribution in [0.3, 0.4) is 0 Å². The molecular weight excluding hydrogens is 909 g/mol. The van der Waals surface area contributed by atoms with Gasteiger partial charge >= 0.3 is 12.2 Å². The fourth-order valence-corrected chi connectivity index (χ4v) is 12.2. The number of nitrogens with one attached hydrogen (secondary N) is 4. The minimum Gasteiger partial charge on any atom is -0.453 e. The van der Waals surface area contributed by atoms with Crippen molar-refractivity contribution in [1.29, 1.82) is 0 Å². The number of fused-ring (bicyclic) bond motifs is 8. The van der Waals surface area contributed by atoms with Gasteiger partial charge in [0.05, 0.1) is 61.1 Å². The maximum Gasteiger partial charge on any atom is 0.407 e. The van der Waals surface area contributed by atoms with Gasteiger partial charge in [-0.2, -0.15) is 0 Å². The molecule has 0 radical (unpaired) electrons. The van der Waals surface area contributed by atoms with Gasteiger partial charge in [0, 0.05) is 29.3 Å². The summed E-state index contributed by atoms with van der Waals surface area (Å²) < 4.78 is 16.1. The van der Waals surface area contributed by atoms with Crippen molar-refractivity contribution in [3.63, 3.8) is 0 Å². The van der Waals surface area contributed by atoms with Crippen LogP contribution in [0.4, 0.5) is 9.59 Å². The normalized spacial score (nSPS) is 23.4. The van der Waals surface area contributed by atoms with E-state index in [0.29, 0.717) is 32.0 Å². The number of ether oxygens (including phenoxy) is 3. The van der Waals surface area contributed by atoms with Crippen LogP contribution in [0.25, 0.3) is 54.7 Å². The molecule has 15 heteroatoms. The van der Waals surface area contributed by atoms with Crippen LogP contribution in [0, 0.1) is 17.8 Å². The average molecular weight is 971 g/mol. The number of methoxy groups -OCH3 is 2. The molecule has 372 valence electrons. The zero-order valence-electron chi connectivity index (χ0n) is 41.6. The molecule has 15 nitrogen and oxygen atoms in total. The van der Waals surface area contributed by atoms with E-state index in [2.05, 4.69) is 93.1 Å². The number of benzene rings is 5. The number of aromatic amines is 2. The van der Waals surface area contributed by atoms with Gasteiger partial charge in [-0.15, -0.1) is 0 Å². The maximum atomic E-state index is 14.3. The summed E-state index contributed by atoms with van der Waals surface area (Å²) in [5, 5.41) is 22.4. The number of hydrogen-bond acceptors (Lipinski definition) is 10. The number of rotatable bonds is 14. The molecule has 0 spiro atoms. The highest BCUT2D eigenvalue weighted by Gasteiger charge is 2.61. The molecule has 3 amide bonds. The van der Waals surface area contributed by atoms with Crippen molar-refractivity contribution in [2.24, 2.45) is 17.8 Å². The van der Waals surface area contributed by atoms with Crippen molar-refractivity contribution in [3.8, 4) is 11.1 Å². The van der Waals surface area contributed by atoms with Crippen molar-refractivity contribution in [1.82, 2.24) is 40.4 Å². The van der Waals surface area contributed by atoms with Crippen molar-refractivity contribution in [3.05, 3.63) is 132 Å². The number of piperidine rings is 1. The van der Waals surface area contributed by atoms with E-state index >= 15 is 0 Å². The molecule has 3 fully saturated rings. The number of H-pyrrole nitrogens is 2. The topological polar surface area (TPSA) is 187 Å². The summed E-state index contributed by atoms with van der Waals surface area (Å²) in [5.41, 5.74) is 5.70. The van der Waals surface area contributed by atoms with E-state index in [4.69, 9.17) is 24.2 Å². The van der Waals surface area contributed by atoms with Gasteiger partial charge in [-0.05, 0) is 109 Å². The largest absolute Gasteiger partial charge is 0.453 e. The summed E-state index contributed by atoms with van der Waals surface area (Å²) in [7, 11) is 2.63. The highest BCUT2D eigenvalue weighted by molar-refractivity contribution is 6.07. The molecule has 1 saturated carbocycles. The second-order valence-electron chi connectivity index (χ2n) is 20.9. The van der Waals surface area contributed by atoms with E-state index in [1.165, 1.54) is 14.2 Å². The van der Waals surface area contributed by atoms with E-state index < -0.39 is 35.5 Å². The molecule has 4 aliphatic rings. The van der Waals surface area contributed by atoms with Crippen LogP contribution in [-0.4, -0.2) is 105 Å². The van der Waals surface area contributed by atoms with E-state index in [-0.39, 0.29) is 35.7 Å². The van der Waals surface area contributed by atoms with Crippen LogP contribution in [0.2, 0.25) is 0 Å². The van der Waals surface area contributed by atoms with Crippen LogP contribution >= 0.6 is 0 Å². The Morgan fingerprint density at radius 1 is 0.861 bits per heavy atom. The molecule has 2 aromatic heterocycles. The molecule has 2 aliphatic carbocycles. The van der Waals surface area contributed by atoms with E-state index in [1.54, 1.807) is 0 Å². The van der Waals surface area contributed by atoms with Crippen molar-refractivity contribution in [2.75, 3.05) is 34.0 Å². The number of imidazole rings is 2. The number of aliphatic hydroxyl groups excluding tert-OH is 1. The van der Waals surface area contributed by atoms with Gasteiger partial charge < -0.3 is 44.8 Å². The quantitative estimate of drug-likeness (QED) is 0.0703. The molecule has 72 heavy (non-hydrogen) atoms. The number of allylic oxidation sites excluding steroid dienone is 2. The lowest BCUT2D eigenvalue weighted by atomic mass is 9.80. The van der Waals surface area contributed by atoms with Crippen molar-refractivity contribution >= 4 is 61.7 Å². The molecule has 5 aromatic carbocycles. The Labute approximate surface area is 418 Å². The number of aromatic nitrogens is 4. The summed E-state index contributed by atoms with van der Waals surface area (Å²) >= 11 is 0. The second-order valence-corrected chi connectivity index (χ2v) is 20.9. The Kier molecular flexibility index (Phi) is 12.2. The predicted octanol–water partition coefficient (Wildman–Crippen LogP) is 9.48. The van der Waals surface area contributed by atoms with Crippen LogP contribution < -0.4 is 10.6 Å². The molecular formula is C57H62N8O7. The first-order valence-corrected chi connectivity index (χ1v) is 25.1. The smallest absolute Gasteiger partial charge is 0.407 e. The monoisotopic (exact) mass is 970 g/mol. The summed E-state index contributed by atoms with van der Waals surface area (Å²) in [6.07, 6.45) is 7.25. The van der Waals surface area contributed by atoms with Gasteiger partial charge in [-0.25, -0.2) is 19.6 Å². The first kappa shape index (κ1) is 47.3. The van der Waals surface area contributed by atoms with Crippen molar-refractivity contribution in [2.45, 2.75) is 88.8 Å². The number of carbonyl (C=O) groups is 3. The Bertz CT molecular complexity index is 3310. The summed E-state index contributed by atoms with van der Waals surface area (Å²) in [6, 6.07) is 29.9. The molecule has 1 unspecified atom stereocenters. The number of hydrogen-bond donors (Lipinski definition) is 5. The van der Waals surface area contributed by atoms with E-state index in [0.717, 1.165) is 91.0 Å². The lowest BCUT2D eigenvalue weighted by molar-refractivity contribution is -0.135. The summed E-state index contributed by atoms with van der Waals surface area (Å²) in [4.78, 5) is 61.4. The molecule has 7 aromatic rings. The average Bonchev–Trinajstić information content (AvgIpc) is 4.24. The Morgan fingerprint density at radius 3 is 2.17 bits per heavy atom. The SMILES string of the molecule is COC(=O)N[C@H](C(=O)N1C[C@@H](COCC2=CC=C2)C[C@H]1c1nc2c(ccc3cc(-c4ccc5c(ccc6[nH]c([C@]7(C)[C@@H]8CC[C@@H](C8)N7C(O)[C@](C)(NC(=O)OC)c7ccccc7)nc65)c4)ccc32)[nH]1)C(C)C. The van der Waals surface area contributed by atoms with E-state index in [1.807, 2.05) is 74.2 Å². The van der Waals surface area contributed by atoms with Crippen molar-refractivity contribution < 1.29 is 33.7 Å². The Hall–Kier alpha value is -7.07. The third-order valence-electron chi connectivity index (χ3n) is 16.2. The number of aliphatic hydroxyl groups is 1. The molecule has 4 heterocycles. The Morgan fingerprint density at radius 2 is 1.53 bits per heavy atom. The number of alkyl carbamates (subject to hydrolysis) is 2. The standard InChI is InChI=1S/C57H62N8O7/c1-32(2)47(62-54(68)70-5)51(66)64-29-34(31-72-30-33-11-10-12-33)25-46(64)50-58-44-23-17-37-26-35(15-21-42(37)48(44)60-50)36-16-22-43-38(27-36)18-24-45-49(43)61-52(59-45)57(4)40-19-20-41(28-40)65(57)53(67)56(3,63-55(69)71-6)39-13-8-7-9-14-39/h7-18,21-24,26-27,32,34,40-41,46-47,53,67H,19-20,25,28-31H2,1-6H3,(H,58,60)(H,59,61)(H,62,68)(H,63,69)/t34-,40+,41-,46-,47-,53?,56+,57-/m0/s1. The van der Waals surface area contributed by atoms with E-state index in [9.17, 15) is 19.5 Å². The zero-order chi connectivity index (χ0) is 50.1. The Balaban J connectivity index is 0.880. The van der Waals surface area contributed by atoms with Crippen LogP contribution in [0.1, 0.15) is 76.6 Å². The third kappa shape index (κ3) is 8.07. The molecule has 2 saturated heterocycles. The number of amides is 3. The summed E-state index contributed by atoms with van der Waals surface area (Å²) in [6.45, 7) is 9.36. The highest BCUT2D eigenvalue weighted by atomic mass is 16.5. The molecule has 2 bridgehead atoms. The molecule has 8 atom stereocenters. The highest BCUT2D eigenvalue weighted by Crippen LogP contribution is 2.56. The first-order valence-electron chi connectivity index (χ1n) is 25.1. The predicted molar refractivity (Wildman–Crippen MR) is 277 cm³/mol. The number of nitrogens with zero attached hydrogens (tertiary/aromatic N) is 4. The van der Waals surface area contributed by atoms with Crippen LogP contribution in [-0.2, 0) is 30.1 Å². The minimum atomic E-state index is -1.18. The fraction of sp³-hybridized carbons (Fsp3) is 0.386. The third-order valence-corrected chi connectivity index (χ3v) is 16.2. The molecule has 5 N–H and O–H groups in total. The maximum absolute atomic E-state index is 14.3.